The van der Waals surface area contributed by atoms with Gasteiger partial charge in [-0.05, 0) is 5.57 Å². The summed E-state index contributed by atoms with van der Waals surface area (Å²) in [6, 6.07) is 0. The van der Waals surface area contributed by atoms with E-state index in [-0.39, 0.29) is 12.2 Å². The van der Waals surface area contributed by atoms with Crippen LogP contribution in [0.4, 0.5) is 0 Å². The van der Waals surface area contributed by atoms with E-state index in [0.29, 0.717) is 0 Å². The molecule has 1 rings (SSSR count). The normalized spacial score (nSPS) is 37.1. The molecular weight excluding hydrogens is 260 g/mol. The number of aliphatic hydroxyl groups excluding tert-OH is 6. The number of ether oxygens (including phenoxy) is 2. The average Bonchev–Trinajstić information content (AvgIpc) is 2.42. The van der Waals surface area contributed by atoms with E-state index in [9.17, 15) is 20.4 Å². The molecule has 0 bridgehead atoms. The lowest BCUT2D eigenvalue weighted by atomic mass is 9.99. The first-order valence-electron chi connectivity index (χ1n) is 5.81. The van der Waals surface area contributed by atoms with Gasteiger partial charge in [-0.15, -0.1) is 0 Å². The molecule has 1 unspecified atom stereocenters. The second-order valence-corrected chi connectivity index (χ2v) is 4.36. The highest BCUT2D eigenvalue weighted by molar-refractivity contribution is 5.02. The largest absolute Gasteiger partial charge is 0.394 e. The topological polar surface area (TPSA) is 140 Å². The lowest BCUT2D eigenvalue weighted by Gasteiger charge is -2.39. The quantitative estimate of drug-likeness (QED) is 0.278. The predicted octanol–water partition coefficient (Wildman–Crippen LogP) is -3.29. The van der Waals surface area contributed by atoms with Crippen LogP contribution in [0, 0.1) is 0 Å². The van der Waals surface area contributed by atoms with Crippen LogP contribution in [0.1, 0.15) is 0 Å². The molecule has 8 nitrogen and oxygen atoms in total. The molecular formula is C11H20O8. The van der Waals surface area contributed by atoms with Gasteiger partial charge in [-0.3, -0.25) is 0 Å². The number of aliphatic hydroxyl groups is 6. The van der Waals surface area contributed by atoms with Gasteiger partial charge in [0.1, 0.15) is 24.4 Å². The van der Waals surface area contributed by atoms with Crippen LogP contribution < -0.4 is 0 Å². The van der Waals surface area contributed by atoms with Crippen LogP contribution in [0.15, 0.2) is 12.2 Å². The summed E-state index contributed by atoms with van der Waals surface area (Å²) >= 11 is 0. The molecule has 1 aliphatic heterocycles. The van der Waals surface area contributed by atoms with E-state index in [4.69, 9.17) is 19.7 Å². The van der Waals surface area contributed by atoms with Gasteiger partial charge in [0.15, 0.2) is 6.29 Å². The van der Waals surface area contributed by atoms with Gasteiger partial charge in [0.2, 0.25) is 0 Å². The van der Waals surface area contributed by atoms with Crippen molar-refractivity contribution in [2.75, 3.05) is 19.8 Å². The molecule has 0 saturated carbocycles. The van der Waals surface area contributed by atoms with E-state index < -0.39 is 50.0 Å². The summed E-state index contributed by atoms with van der Waals surface area (Å²) in [6.45, 7) is 2.19. The van der Waals surface area contributed by atoms with Gasteiger partial charge < -0.3 is 40.1 Å². The first kappa shape index (κ1) is 16.5. The van der Waals surface area contributed by atoms with E-state index in [1.165, 1.54) is 0 Å². The molecule has 0 spiro atoms. The van der Waals surface area contributed by atoms with E-state index in [0.717, 1.165) is 0 Å². The van der Waals surface area contributed by atoms with Gasteiger partial charge in [0.05, 0.1) is 25.9 Å². The molecule has 112 valence electrons. The van der Waals surface area contributed by atoms with E-state index in [1.54, 1.807) is 0 Å². The fourth-order valence-corrected chi connectivity index (χ4v) is 1.62. The molecule has 0 aromatic rings. The zero-order valence-corrected chi connectivity index (χ0v) is 10.3. The Morgan fingerprint density at radius 1 is 1.16 bits per heavy atom. The molecule has 0 aromatic carbocycles. The van der Waals surface area contributed by atoms with Crippen LogP contribution >= 0.6 is 0 Å². The van der Waals surface area contributed by atoms with Crippen molar-refractivity contribution in [3.8, 4) is 0 Å². The zero-order chi connectivity index (χ0) is 14.6. The Morgan fingerprint density at radius 2 is 1.79 bits per heavy atom. The fraction of sp³-hybridized carbons (Fsp3) is 0.818. The molecule has 0 aromatic heterocycles. The highest BCUT2D eigenvalue weighted by atomic mass is 16.7. The van der Waals surface area contributed by atoms with Crippen LogP contribution in [-0.4, -0.2) is 87.3 Å². The second-order valence-electron chi connectivity index (χ2n) is 4.36. The summed E-state index contributed by atoms with van der Waals surface area (Å²) in [6.07, 6.45) is -7.97. The smallest absolute Gasteiger partial charge is 0.187 e. The summed E-state index contributed by atoms with van der Waals surface area (Å²) in [7, 11) is 0. The van der Waals surface area contributed by atoms with Crippen LogP contribution in [0.3, 0.4) is 0 Å². The maximum absolute atomic E-state index is 9.65. The molecule has 0 amide bonds. The Kier molecular flexibility index (Phi) is 6.30. The first-order valence-corrected chi connectivity index (χ1v) is 5.81. The number of hydrogen-bond acceptors (Lipinski definition) is 8. The maximum atomic E-state index is 9.65. The Balaban J connectivity index is 2.55. The lowest BCUT2D eigenvalue weighted by Crippen LogP contribution is -2.59. The lowest BCUT2D eigenvalue weighted by molar-refractivity contribution is -0.299. The first-order chi connectivity index (χ1) is 8.92. The van der Waals surface area contributed by atoms with Crippen molar-refractivity contribution < 1.29 is 40.1 Å². The van der Waals surface area contributed by atoms with Crippen molar-refractivity contribution in [1.82, 2.24) is 0 Å². The van der Waals surface area contributed by atoms with Crippen molar-refractivity contribution in [3.05, 3.63) is 12.2 Å². The third kappa shape index (κ3) is 3.94. The molecule has 19 heavy (non-hydrogen) atoms. The van der Waals surface area contributed by atoms with Crippen LogP contribution in [-0.2, 0) is 9.47 Å². The summed E-state index contributed by atoms with van der Waals surface area (Å²) in [4.78, 5) is 0. The molecule has 8 heteroatoms. The van der Waals surface area contributed by atoms with Gasteiger partial charge in [-0.2, -0.15) is 0 Å². The van der Waals surface area contributed by atoms with Crippen molar-refractivity contribution in [1.29, 1.82) is 0 Å². The molecule has 1 aliphatic rings. The molecule has 1 heterocycles. The van der Waals surface area contributed by atoms with Crippen molar-refractivity contribution in [2.24, 2.45) is 0 Å². The molecule has 1 saturated heterocycles. The zero-order valence-electron chi connectivity index (χ0n) is 10.3. The maximum Gasteiger partial charge on any atom is 0.187 e. The van der Waals surface area contributed by atoms with Gasteiger partial charge in [0, 0.05) is 0 Å². The van der Waals surface area contributed by atoms with E-state index >= 15 is 0 Å². The molecule has 6 atom stereocenters. The van der Waals surface area contributed by atoms with Crippen LogP contribution in [0.25, 0.3) is 0 Å². The highest BCUT2D eigenvalue weighted by Gasteiger charge is 2.44. The number of hydrogen-bond donors (Lipinski definition) is 6. The average molecular weight is 280 g/mol. The van der Waals surface area contributed by atoms with Crippen LogP contribution in [0.5, 0.6) is 0 Å². The van der Waals surface area contributed by atoms with Crippen molar-refractivity contribution >= 4 is 0 Å². The number of rotatable bonds is 6. The minimum atomic E-state index is -1.52. The Hall–Kier alpha value is -0.580. The minimum absolute atomic E-state index is 0.166. The standard InChI is InChI=1S/C11H20O8/c1-5(6(14)2-12)4-18-11-10(17)9(16)8(15)7(3-13)19-11/h6-17H,1-4H2/t6?,7-,8-,9+,10-,11-/m1/s1. The Morgan fingerprint density at radius 3 is 2.32 bits per heavy atom. The fourth-order valence-electron chi connectivity index (χ4n) is 1.62. The van der Waals surface area contributed by atoms with Gasteiger partial charge in [-0.25, -0.2) is 0 Å². The third-order valence-electron chi connectivity index (χ3n) is 2.93. The highest BCUT2D eigenvalue weighted by Crippen LogP contribution is 2.22. The van der Waals surface area contributed by atoms with E-state index in [1.807, 2.05) is 0 Å². The summed E-state index contributed by atoms with van der Waals surface area (Å²) in [5.74, 6) is 0. The van der Waals surface area contributed by atoms with E-state index in [2.05, 4.69) is 6.58 Å². The summed E-state index contributed by atoms with van der Waals surface area (Å²) < 4.78 is 10.2. The van der Waals surface area contributed by atoms with Crippen molar-refractivity contribution in [2.45, 2.75) is 36.8 Å². The molecule has 6 N–H and O–H groups in total. The predicted molar refractivity (Wildman–Crippen MR) is 62.0 cm³/mol. The monoisotopic (exact) mass is 280 g/mol. The second kappa shape index (κ2) is 7.27. The van der Waals surface area contributed by atoms with Gasteiger partial charge >= 0.3 is 0 Å². The minimum Gasteiger partial charge on any atom is -0.394 e. The van der Waals surface area contributed by atoms with Crippen LogP contribution in [0.2, 0.25) is 0 Å². The molecule has 0 radical (unpaired) electrons. The Labute approximate surface area is 110 Å². The third-order valence-corrected chi connectivity index (χ3v) is 2.93. The molecule has 1 fully saturated rings. The Bertz CT molecular complexity index is 294. The van der Waals surface area contributed by atoms with Gasteiger partial charge in [0.25, 0.3) is 0 Å². The summed E-state index contributed by atoms with van der Waals surface area (Å²) in [5, 5.41) is 55.6. The SMILES string of the molecule is C=C(CO[C@@H]1O[C@H](CO)[C@@H](O)[C@H](O)[C@H]1O)C(O)CO. The van der Waals surface area contributed by atoms with Gasteiger partial charge in [-0.1, -0.05) is 6.58 Å². The summed E-state index contributed by atoms with van der Waals surface area (Å²) in [5.41, 5.74) is 0.166. The molecule has 0 aliphatic carbocycles. The van der Waals surface area contributed by atoms with Crippen molar-refractivity contribution in [3.63, 3.8) is 0 Å².